The fourth-order valence-corrected chi connectivity index (χ4v) is 4.38. The van der Waals surface area contributed by atoms with Crippen LogP contribution in [-0.2, 0) is 4.74 Å². The zero-order chi connectivity index (χ0) is 20.2. The van der Waals surface area contributed by atoms with Gasteiger partial charge in [-0.05, 0) is 50.3 Å². The number of rotatable bonds is 6. The molecule has 0 aliphatic carbocycles. The number of hydrogen-bond acceptors (Lipinski definition) is 7. The number of anilines is 1. The van der Waals surface area contributed by atoms with E-state index in [9.17, 15) is 4.79 Å². The lowest BCUT2D eigenvalue weighted by molar-refractivity contribution is 0.0642. The van der Waals surface area contributed by atoms with Crippen molar-refractivity contribution < 1.29 is 9.53 Å². The topological polar surface area (TPSA) is 89.0 Å². The predicted molar refractivity (Wildman–Crippen MR) is 114 cm³/mol. The molecular weight excluding hydrogens is 386 g/mol. The van der Waals surface area contributed by atoms with Crippen molar-refractivity contribution in [1.82, 2.24) is 20.3 Å². The van der Waals surface area contributed by atoms with Gasteiger partial charge in [-0.2, -0.15) is 0 Å². The van der Waals surface area contributed by atoms with Gasteiger partial charge in [0.15, 0.2) is 5.69 Å². The fourth-order valence-electron chi connectivity index (χ4n) is 3.45. The van der Waals surface area contributed by atoms with Crippen molar-refractivity contribution in [2.75, 3.05) is 25.1 Å². The van der Waals surface area contributed by atoms with E-state index in [-0.39, 0.29) is 11.9 Å². The molecule has 0 unspecified atom stereocenters. The molecule has 29 heavy (non-hydrogen) atoms. The van der Waals surface area contributed by atoms with Gasteiger partial charge in [-0.3, -0.25) is 9.78 Å². The number of aryl methyl sites for hydroxylation is 1. The third-order valence-corrected chi connectivity index (χ3v) is 6.18. The van der Waals surface area contributed by atoms with Crippen molar-refractivity contribution in [3.8, 4) is 0 Å². The van der Waals surface area contributed by atoms with E-state index in [1.54, 1.807) is 17.5 Å². The van der Waals surface area contributed by atoms with Gasteiger partial charge in [0.25, 0.3) is 5.91 Å². The molecule has 4 heterocycles. The van der Waals surface area contributed by atoms with Gasteiger partial charge >= 0.3 is 0 Å². The predicted octanol–water partition coefficient (Wildman–Crippen LogP) is 3.72. The Morgan fingerprint density at radius 1 is 1.34 bits per heavy atom. The number of nitrogens with one attached hydrogen (secondary N) is 2. The van der Waals surface area contributed by atoms with Gasteiger partial charge in [0.2, 0.25) is 5.95 Å². The molecule has 0 saturated carbocycles. The van der Waals surface area contributed by atoms with Crippen LogP contribution in [0.4, 0.5) is 5.95 Å². The summed E-state index contributed by atoms with van der Waals surface area (Å²) < 4.78 is 6.22. The average molecular weight is 412 g/mol. The molecule has 3 aromatic rings. The van der Waals surface area contributed by atoms with Crippen LogP contribution in [0.2, 0.25) is 0 Å². The first-order valence-electron chi connectivity index (χ1n) is 9.90. The van der Waals surface area contributed by atoms with Crippen molar-refractivity contribution in [2.45, 2.75) is 32.7 Å². The minimum Gasteiger partial charge on any atom is -0.381 e. The highest BCUT2D eigenvalue weighted by molar-refractivity contribution is 7.19. The molecule has 4 rings (SSSR count). The lowest BCUT2D eigenvalue weighted by atomic mass is 10.0. The molecule has 1 fully saturated rings. The minimum atomic E-state index is -0.150. The second kappa shape index (κ2) is 8.84. The molecule has 1 amide bonds. The summed E-state index contributed by atoms with van der Waals surface area (Å²) in [7, 11) is 0. The molecule has 1 saturated heterocycles. The summed E-state index contributed by atoms with van der Waals surface area (Å²) in [6, 6.07) is 5.87. The van der Waals surface area contributed by atoms with Crippen LogP contribution in [0.25, 0.3) is 10.2 Å². The number of fused-ring (bicyclic) bond motifs is 1. The van der Waals surface area contributed by atoms with Crippen LogP contribution in [0.15, 0.2) is 30.6 Å². The van der Waals surface area contributed by atoms with Crippen LogP contribution in [-0.4, -0.2) is 40.6 Å². The molecule has 0 radical (unpaired) electrons. The maximum absolute atomic E-state index is 13.0. The maximum atomic E-state index is 13.0. The summed E-state index contributed by atoms with van der Waals surface area (Å²) in [6.07, 6.45) is 5.51. The summed E-state index contributed by atoms with van der Waals surface area (Å²) in [5.41, 5.74) is 2.25. The SMILES string of the molecule is Cc1cc2nc(N[C@@H](C)c3cccnc3)nc(C(=O)NCC3CCOCC3)c2s1. The Bertz CT molecular complexity index is 985. The van der Waals surface area contributed by atoms with Gasteiger partial charge in [0.05, 0.1) is 16.3 Å². The third-order valence-electron chi connectivity index (χ3n) is 5.13. The molecule has 8 heteroatoms. The summed E-state index contributed by atoms with van der Waals surface area (Å²) in [5.74, 6) is 0.754. The van der Waals surface area contributed by atoms with Crippen molar-refractivity contribution in [1.29, 1.82) is 0 Å². The molecule has 0 spiro atoms. The van der Waals surface area contributed by atoms with Crippen LogP contribution < -0.4 is 10.6 Å². The van der Waals surface area contributed by atoms with E-state index in [2.05, 4.69) is 25.6 Å². The minimum absolute atomic E-state index is 0.0287. The molecule has 7 nitrogen and oxygen atoms in total. The largest absolute Gasteiger partial charge is 0.381 e. The zero-order valence-corrected chi connectivity index (χ0v) is 17.5. The van der Waals surface area contributed by atoms with Crippen LogP contribution in [0.3, 0.4) is 0 Å². The zero-order valence-electron chi connectivity index (χ0n) is 16.6. The Labute approximate surface area is 173 Å². The van der Waals surface area contributed by atoms with Gasteiger partial charge in [-0.1, -0.05) is 6.07 Å². The molecule has 1 atom stereocenters. The summed E-state index contributed by atoms with van der Waals surface area (Å²) >= 11 is 1.55. The van der Waals surface area contributed by atoms with E-state index in [0.717, 1.165) is 46.7 Å². The smallest absolute Gasteiger partial charge is 0.271 e. The lowest BCUT2D eigenvalue weighted by Crippen LogP contribution is -2.32. The van der Waals surface area contributed by atoms with Gasteiger partial charge in [0, 0.05) is 37.0 Å². The first-order chi connectivity index (χ1) is 14.1. The van der Waals surface area contributed by atoms with Crippen molar-refractivity contribution in [3.05, 3.63) is 46.7 Å². The van der Waals surface area contributed by atoms with Gasteiger partial charge in [-0.25, -0.2) is 9.97 Å². The summed E-state index contributed by atoms with van der Waals surface area (Å²) in [4.78, 5) is 27.4. The van der Waals surface area contributed by atoms with E-state index in [0.29, 0.717) is 24.1 Å². The highest BCUT2D eigenvalue weighted by atomic mass is 32.1. The first kappa shape index (κ1) is 19.7. The van der Waals surface area contributed by atoms with Gasteiger partial charge in [-0.15, -0.1) is 11.3 Å². The van der Waals surface area contributed by atoms with Crippen LogP contribution >= 0.6 is 11.3 Å². The molecule has 152 valence electrons. The number of aromatic nitrogens is 3. The standard InChI is InChI=1S/C21H25N5O2S/c1-13-10-17-19(29-13)18(20(27)23-11-15-5-8-28-9-6-15)26-21(25-17)24-14(2)16-4-3-7-22-12-16/h3-4,7,10,12,14-15H,5-6,8-9,11H2,1-2H3,(H,23,27)(H,24,25,26)/t14-/m0/s1. The molecule has 2 N–H and O–H groups in total. The van der Waals surface area contributed by atoms with Crippen LogP contribution in [0, 0.1) is 12.8 Å². The van der Waals surface area contributed by atoms with Crippen molar-refractivity contribution in [2.24, 2.45) is 5.92 Å². The Morgan fingerprint density at radius 3 is 2.93 bits per heavy atom. The summed E-state index contributed by atoms with van der Waals surface area (Å²) in [6.45, 7) is 6.22. The number of hydrogen-bond donors (Lipinski definition) is 2. The van der Waals surface area contributed by atoms with Crippen molar-refractivity contribution in [3.63, 3.8) is 0 Å². The molecule has 0 bridgehead atoms. The molecule has 3 aromatic heterocycles. The molecule has 0 aromatic carbocycles. The van der Waals surface area contributed by atoms with E-state index < -0.39 is 0 Å². The molecule has 1 aliphatic rings. The quantitative estimate of drug-likeness (QED) is 0.643. The number of amides is 1. The number of thiophene rings is 1. The molecule has 1 aliphatic heterocycles. The van der Waals surface area contributed by atoms with Crippen molar-refractivity contribution >= 4 is 33.4 Å². The normalized spacial score (nSPS) is 15.9. The van der Waals surface area contributed by atoms with E-state index in [1.165, 1.54) is 0 Å². The Balaban J connectivity index is 1.56. The number of nitrogens with zero attached hydrogens (tertiary/aromatic N) is 3. The number of carbonyl (C=O) groups excluding carboxylic acids is 1. The van der Waals surface area contributed by atoms with Gasteiger partial charge < -0.3 is 15.4 Å². The Kier molecular flexibility index (Phi) is 6.01. The van der Waals surface area contributed by atoms with Crippen LogP contribution in [0.1, 0.15) is 46.7 Å². The average Bonchev–Trinajstić information content (AvgIpc) is 3.12. The monoisotopic (exact) mass is 411 g/mol. The number of carbonyl (C=O) groups is 1. The van der Waals surface area contributed by atoms with Gasteiger partial charge in [0.1, 0.15) is 0 Å². The lowest BCUT2D eigenvalue weighted by Gasteiger charge is -2.22. The molecular formula is C21H25N5O2S. The van der Waals surface area contributed by atoms with E-state index >= 15 is 0 Å². The number of pyridine rings is 1. The number of ether oxygens (including phenoxy) is 1. The van der Waals surface area contributed by atoms with E-state index in [4.69, 9.17) is 4.74 Å². The second-order valence-electron chi connectivity index (χ2n) is 7.39. The third kappa shape index (κ3) is 4.71. The van der Waals surface area contributed by atoms with Crippen LogP contribution in [0.5, 0.6) is 0 Å². The summed E-state index contributed by atoms with van der Waals surface area (Å²) in [5, 5.41) is 6.37. The maximum Gasteiger partial charge on any atom is 0.271 e. The second-order valence-corrected chi connectivity index (χ2v) is 8.64. The highest BCUT2D eigenvalue weighted by Crippen LogP contribution is 2.28. The van der Waals surface area contributed by atoms with E-state index in [1.807, 2.05) is 38.2 Å². The fraction of sp³-hybridized carbons (Fsp3) is 0.429. The Hall–Kier alpha value is -2.58. The first-order valence-corrected chi connectivity index (χ1v) is 10.7. The Morgan fingerprint density at radius 2 is 2.17 bits per heavy atom. The highest BCUT2D eigenvalue weighted by Gasteiger charge is 2.20.